The molecular weight excluding hydrogens is 498 g/mol. The molecule has 0 spiro atoms. The van der Waals surface area contributed by atoms with E-state index in [1.807, 2.05) is 0 Å². The first-order valence-corrected chi connectivity index (χ1v) is 12.4. The van der Waals surface area contributed by atoms with Gasteiger partial charge < -0.3 is 29.0 Å². The number of carbonyl (C=O) groups is 4. The maximum Gasteiger partial charge on any atom is 0.264 e. The monoisotopic (exact) mass is 531 g/mol. The molecule has 0 radical (unpaired) electrons. The summed E-state index contributed by atoms with van der Waals surface area (Å²) in [5.74, 6) is 0.229. The molecule has 1 aromatic carbocycles. The van der Waals surface area contributed by atoms with E-state index in [4.69, 9.17) is 30.1 Å². The quantitative estimate of drug-likeness (QED) is 0.153. The second-order valence-corrected chi connectivity index (χ2v) is 8.31. The normalized spacial score (nSPS) is 16.9. The minimum Gasteiger partial charge on any atom is -0.382 e. The third kappa shape index (κ3) is 8.34. The molecule has 0 bridgehead atoms. The van der Waals surface area contributed by atoms with Crippen LogP contribution >= 0.6 is 0 Å². The molecule has 1 fully saturated rings. The number of imide groups is 2. The number of carbonyl (C=O) groups excluding carboxylic acids is 4. The minimum atomic E-state index is -1.00. The van der Waals surface area contributed by atoms with Gasteiger partial charge in [-0.05, 0) is 18.6 Å². The highest BCUT2D eigenvalue weighted by atomic mass is 16.6. The van der Waals surface area contributed by atoms with Gasteiger partial charge in [-0.2, -0.15) is 0 Å². The number of amides is 4. The van der Waals surface area contributed by atoms with E-state index in [0.717, 1.165) is 4.90 Å². The van der Waals surface area contributed by atoms with Crippen LogP contribution in [-0.2, 0) is 33.3 Å². The molecule has 2 aliphatic rings. The topological polar surface area (TPSA) is 142 Å². The number of ether oxygens (including phenoxy) is 5. The van der Waals surface area contributed by atoms with Crippen molar-refractivity contribution < 1.29 is 42.9 Å². The van der Waals surface area contributed by atoms with Crippen LogP contribution in [0, 0.1) is 12.3 Å². The van der Waals surface area contributed by atoms with E-state index in [1.54, 1.807) is 18.2 Å². The summed E-state index contributed by atoms with van der Waals surface area (Å²) < 4.78 is 26.8. The van der Waals surface area contributed by atoms with Crippen LogP contribution in [0.3, 0.4) is 0 Å². The van der Waals surface area contributed by atoms with E-state index in [2.05, 4.69) is 16.6 Å². The van der Waals surface area contributed by atoms with Crippen molar-refractivity contribution in [3.05, 3.63) is 29.3 Å². The summed E-state index contributed by atoms with van der Waals surface area (Å²) in [5, 5.41) is 5.31. The third-order valence-electron chi connectivity index (χ3n) is 5.70. The predicted octanol–water partition coefficient (Wildman–Crippen LogP) is 0.216. The molecular formula is C26H33N3O9. The molecule has 3 rings (SSSR count). The summed E-state index contributed by atoms with van der Waals surface area (Å²) in [6.45, 7) is 4.55. The zero-order chi connectivity index (χ0) is 27.2. The van der Waals surface area contributed by atoms with Gasteiger partial charge in [-0.25, -0.2) is 0 Å². The van der Waals surface area contributed by atoms with Crippen molar-refractivity contribution in [3.63, 3.8) is 0 Å². The van der Waals surface area contributed by atoms with Gasteiger partial charge in [0.15, 0.2) is 0 Å². The van der Waals surface area contributed by atoms with Crippen LogP contribution in [0.2, 0.25) is 0 Å². The lowest BCUT2D eigenvalue weighted by Crippen LogP contribution is -2.54. The van der Waals surface area contributed by atoms with Crippen molar-refractivity contribution in [1.29, 1.82) is 0 Å². The Balaban J connectivity index is 1.27. The molecule has 2 heterocycles. The summed E-state index contributed by atoms with van der Waals surface area (Å²) in [4.78, 5) is 50.5. The fourth-order valence-corrected chi connectivity index (χ4v) is 3.93. The van der Waals surface area contributed by atoms with Crippen molar-refractivity contribution in [1.82, 2.24) is 10.2 Å². The molecule has 12 nitrogen and oxygen atoms in total. The summed E-state index contributed by atoms with van der Waals surface area (Å²) in [6, 6.07) is 3.91. The summed E-state index contributed by atoms with van der Waals surface area (Å²) in [6.07, 6.45) is 5.25. The number of hydrogen-bond acceptors (Lipinski definition) is 10. The lowest BCUT2D eigenvalue weighted by atomic mass is 10.0. The smallest absolute Gasteiger partial charge is 0.264 e. The number of nitrogens with zero attached hydrogens (tertiary/aromatic N) is 1. The highest BCUT2D eigenvalue weighted by molar-refractivity contribution is 6.25. The molecule has 1 unspecified atom stereocenters. The predicted molar refractivity (Wildman–Crippen MR) is 135 cm³/mol. The molecule has 2 N–H and O–H groups in total. The van der Waals surface area contributed by atoms with E-state index in [0.29, 0.717) is 71.7 Å². The fraction of sp³-hybridized carbons (Fsp3) is 0.538. The van der Waals surface area contributed by atoms with Gasteiger partial charge in [-0.3, -0.25) is 29.4 Å². The van der Waals surface area contributed by atoms with Gasteiger partial charge in [0.1, 0.15) is 12.6 Å². The zero-order valence-electron chi connectivity index (χ0n) is 21.2. The van der Waals surface area contributed by atoms with Gasteiger partial charge in [0.05, 0.1) is 70.6 Å². The van der Waals surface area contributed by atoms with Crippen LogP contribution in [0.5, 0.6) is 0 Å². The van der Waals surface area contributed by atoms with Crippen LogP contribution in [0.4, 0.5) is 5.69 Å². The summed E-state index contributed by atoms with van der Waals surface area (Å²) >= 11 is 0. The van der Waals surface area contributed by atoms with Crippen molar-refractivity contribution in [2.24, 2.45) is 0 Å². The first-order valence-electron chi connectivity index (χ1n) is 12.4. The number of fused-ring (bicyclic) bond motifs is 1. The molecule has 2 aliphatic heterocycles. The molecule has 0 aliphatic carbocycles. The number of piperidine rings is 1. The largest absolute Gasteiger partial charge is 0.382 e. The van der Waals surface area contributed by atoms with E-state index < -0.39 is 29.7 Å². The van der Waals surface area contributed by atoms with E-state index in [9.17, 15) is 19.2 Å². The number of rotatable bonds is 18. The highest BCUT2D eigenvalue weighted by Gasteiger charge is 2.45. The minimum absolute atomic E-state index is 0.0722. The van der Waals surface area contributed by atoms with Crippen LogP contribution in [0.25, 0.3) is 0 Å². The number of benzene rings is 1. The number of hydrogen-bond donors (Lipinski definition) is 2. The van der Waals surface area contributed by atoms with Crippen LogP contribution in [0.1, 0.15) is 33.6 Å². The van der Waals surface area contributed by atoms with Gasteiger partial charge in [0, 0.05) is 18.7 Å². The Morgan fingerprint density at radius 2 is 1.47 bits per heavy atom. The van der Waals surface area contributed by atoms with E-state index >= 15 is 0 Å². The van der Waals surface area contributed by atoms with Crippen molar-refractivity contribution in [3.8, 4) is 12.3 Å². The summed E-state index contributed by atoms with van der Waals surface area (Å²) in [5.41, 5.74) is 0.923. The third-order valence-corrected chi connectivity index (χ3v) is 5.70. The van der Waals surface area contributed by atoms with Crippen LogP contribution in [0.15, 0.2) is 18.2 Å². The zero-order valence-corrected chi connectivity index (χ0v) is 21.2. The standard InChI is InChI=1S/C26H33N3O9/c1-2-9-34-11-13-36-15-17-38-18-16-37-14-12-35-10-8-27-20-5-3-4-19-23(20)26(33)29(25(19)32)21-6-7-22(30)28-24(21)31/h1,3-5,21,27H,6-18H2,(H,28,30,31). The van der Waals surface area contributed by atoms with Crippen molar-refractivity contribution >= 4 is 29.3 Å². The average molecular weight is 532 g/mol. The van der Waals surface area contributed by atoms with Gasteiger partial charge >= 0.3 is 0 Å². The molecule has 1 aromatic rings. The number of nitrogens with one attached hydrogen (secondary N) is 2. The Kier molecular flexibility index (Phi) is 12.2. The Bertz CT molecular complexity index is 1020. The lowest BCUT2D eigenvalue weighted by Gasteiger charge is -2.27. The second kappa shape index (κ2) is 15.8. The first-order chi connectivity index (χ1) is 18.5. The molecule has 206 valence electrons. The molecule has 38 heavy (non-hydrogen) atoms. The Labute approximate surface area is 221 Å². The van der Waals surface area contributed by atoms with Gasteiger partial charge in [-0.1, -0.05) is 12.0 Å². The Hall–Kier alpha value is -3.34. The van der Waals surface area contributed by atoms with Crippen LogP contribution in [-0.4, -0.2) is 107 Å². The number of anilines is 1. The van der Waals surface area contributed by atoms with Crippen molar-refractivity contribution in [2.75, 3.05) is 77.9 Å². The Morgan fingerprint density at radius 3 is 2.08 bits per heavy atom. The maximum atomic E-state index is 13.1. The molecule has 1 atom stereocenters. The maximum absolute atomic E-state index is 13.1. The first kappa shape index (κ1) is 29.2. The fourth-order valence-electron chi connectivity index (χ4n) is 3.93. The lowest BCUT2D eigenvalue weighted by molar-refractivity contribution is -0.136. The SMILES string of the molecule is C#CCOCCOCCOCCOCCOCCNc1cccc2c1C(=O)N(C1CCC(=O)NC1=O)C2=O. The molecule has 1 saturated heterocycles. The molecule has 0 saturated carbocycles. The molecule has 12 heteroatoms. The van der Waals surface area contributed by atoms with E-state index in [1.165, 1.54) is 0 Å². The summed E-state index contributed by atoms with van der Waals surface area (Å²) in [7, 11) is 0. The molecule has 0 aromatic heterocycles. The van der Waals surface area contributed by atoms with Gasteiger partial charge in [-0.15, -0.1) is 6.42 Å². The van der Waals surface area contributed by atoms with Gasteiger partial charge in [0.2, 0.25) is 11.8 Å². The number of terminal acetylenes is 1. The Morgan fingerprint density at radius 1 is 0.868 bits per heavy atom. The highest BCUT2D eigenvalue weighted by Crippen LogP contribution is 2.32. The van der Waals surface area contributed by atoms with Crippen LogP contribution < -0.4 is 10.6 Å². The van der Waals surface area contributed by atoms with E-state index in [-0.39, 0.29) is 30.6 Å². The molecule has 4 amide bonds. The second-order valence-electron chi connectivity index (χ2n) is 8.31. The van der Waals surface area contributed by atoms with Crippen molar-refractivity contribution in [2.45, 2.75) is 18.9 Å². The average Bonchev–Trinajstić information content (AvgIpc) is 3.16. The van der Waals surface area contributed by atoms with Gasteiger partial charge in [0.25, 0.3) is 11.8 Å².